The van der Waals surface area contributed by atoms with E-state index in [9.17, 15) is 13.6 Å². The second kappa shape index (κ2) is 6.59. The van der Waals surface area contributed by atoms with Crippen molar-refractivity contribution in [3.8, 4) is 11.3 Å². The van der Waals surface area contributed by atoms with Gasteiger partial charge in [-0.1, -0.05) is 28.4 Å². The highest BCUT2D eigenvalue weighted by molar-refractivity contribution is 6.42. The van der Waals surface area contributed by atoms with E-state index in [1.165, 1.54) is 6.07 Å². The summed E-state index contributed by atoms with van der Waals surface area (Å²) in [5.41, 5.74) is 0.337. The fraction of sp³-hybridized carbons (Fsp3) is 0. The van der Waals surface area contributed by atoms with E-state index in [1.54, 1.807) is 18.2 Å². The van der Waals surface area contributed by atoms with Crippen LogP contribution in [0.2, 0.25) is 10.0 Å². The lowest BCUT2D eigenvalue weighted by Crippen LogP contribution is -2.13. The number of carbonyl (C=O) groups is 1. The third-order valence-corrected chi connectivity index (χ3v) is 3.87. The highest BCUT2D eigenvalue weighted by Gasteiger charge is 2.16. The van der Waals surface area contributed by atoms with Crippen LogP contribution >= 0.6 is 23.2 Å². The molecule has 0 saturated carbocycles. The molecule has 0 fully saturated rings. The molecule has 1 amide bonds. The zero-order chi connectivity index (χ0) is 17.3. The first-order chi connectivity index (χ1) is 11.4. The van der Waals surface area contributed by atoms with Crippen LogP contribution in [-0.2, 0) is 0 Å². The van der Waals surface area contributed by atoms with E-state index in [0.29, 0.717) is 27.4 Å². The van der Waals surface area contributed by atoms with Gasteiger partial charge in [-0.15, -0.1) is 0 Å². The van der Waals surface area contributed by atoms with E-state index in [-0.39, 0.29) is 11.4 Å². The third-order valence-electron chi connectivity index (χ3n) is 3.13. The van der Waals surface area contributed by atoms with Gasteiger partial charge < -0.3 is 9.84 Å². The van der Waals surface area contributed by atoms with Crippen LogP contribution in [0.25, 0.3) is 11.3 Å². The lowest BCUT2D eigenvalue weighted by Gasteiger charge is -2.03. The van der Waals surface area contributed by atoms with Crippen molar-refractivity contribution >= 4 is 34.8 Å². The van der Waals surface area contributed by atoms with E-state index < -0.39 is 17.5 Å². The standard InChI is InChI=1S/C16H8Cl2F2N2O2/c17-10-3-1-8(5-11(10)18)15-7-14(22-24-15)16(23)21-13-4-2-9(19)6-12(13)20/h1-7H,(H,21,23). The maximum atomic E-state index is 13.6. The minimum atomic E-state index is -0.892. The first-order valence-corrected chi connectivity index (χ1v) is 7.38. The van der Waals surface area contributed by atoms with Gasteiger partial charge in [0.25, 0.3) is 5.91 Å². The zero-order valence-electron chi connectivity index (χ0n) is 11.8. The molecule has 1 aromatic heterocycles. The molecule has 2 aromatic carbocycles. The smallest absolute Gasteiger partial charge is 0.277 e. The second-order valence-corrected chi connectivity index (χ2v) is 5.60. The number of carbonyl (C=O) groups excluding carboxylic acids is 1. The molecule has 1 heterocycles. The fourth-order valence-corrected chi connectivity index (χ4v) is 2.24. The van der Waals surface area contributed by atoms with Crippen molar-refractivity contribution in [1.29, 1.82) is 0 Å². The van der Waals surface area contributed by atoms with E-state index in [0.717, 1.165) is 12.1 Å². The summed E-state index contributed by atoms with van der Waals surface area (Å²) in [5, 5.41) is 6.62. The van der Waals surface area contributed by atoms with Crippen molar-refractivity contribution in [2.24, 2.45) is 0 Å². The average Bonchev–Trinajstić information content (AvgIpc) is 3.03. The van der Waals surface area contributed by atoms with Gasteiger partial charge in [0.15, 0.2) is 11.5 Å². The number of aromatic nitrogens is 1. The van der Waals surface area contributed by atoms with Crippen molar-refractivity contribution in [2.45, 2.75) is 0 Å². The summed E-state index contributed by atoms with van der Waals surface area (Å²) in [6.07, 6.45) is 0. The van der Waals surface area contributed by atoms with Gasteiger partial charge in [0, 0.05) is 17.7 Å². The monoisotopic (exact) mass is 368 g/mol. The summed E-state index contributed by atoms with van der Waals surface area (Å²) < 4.78 is 31.5. The van der Waals surface area contributed by atoms with Gasteiger partial charge in [-0.2, -0.15) is 0 Å². The molecule has 0 aliphatic rings. The molecule has 1 N–H and O–H groups in total. The summed E-state index contributed by atoms with van der Waals surface area (Å²) in [6.45, 7) is 0. The first kappa shape index (κ1) is 16.4. The average molecular weight is 369 g/mol. The molecule has 0 bridgehead atoms. The van der Waals surface area contributed by atoms with Crippen molar-refractivity contribution in [1.82, 2.24) is 5.16 Å². The summed E-state index contributed by atoms with van der Waals surface area (Å²) in [4.78, 5) is 12.1. The normalized spacial score (nSPS) is 10.7. The van der Waals surface area contributed by atoms with E-state index >= 15 is 0 Å². The Balaban J connectivity index is 1.82. The molecule has 4 nitrogen and oxygen atoms in total. The number of amides is 1. The SMILES string of the molecule is O=C(Nc1ccc(F)cc1F)c1cc(-c2ccc(Cl)c(Cl)c2)on1. The van der Waals surface area contributed by atoms with Crippen molar-refractivity contribution in [2.75, 3.05) is 5.32 Å². The van der Waals surface area contributed by atoms with Crippen LogP contribution in [0, 0.1) is 11.6 Å². The van der Waals surface area contributed by atoms with Crippen molar-refractivity contribution in [3.05, 3.63) is 69.8 Å². The molecule has 122 valence electrons. The van der Waals surface area contributed by atoms with Crippen LogP contribution in [-0.4, -0.2) is 11.1 Å². The maximum absolute atomic E-state index is 13.6. The summed E-state index contributed by atoms with van der Waals surface area (Å²) >= 11 is 11.8. The summed E-state index contributed by atoms with van der Waals surface area (Å²) in [6, 6.07) is 8.97. The Bertz CT molecular complexity index is 928. The maximum Gasteiger partial charge on any atom is 0.277 e. The predicted octanol–water partition coefficient (Wildman–Crippen LogP) is 5.18. The molecule has 0 radical (unpaired) electrons. The van der Waals surface area contributed by atoms with Crippen LogP contribution < -0.4 is 5.32 Å². The Morgan fingerprint density at radius 1 is 1.04 bits per heavy atom. The van der Waals surface area contributed by atoms with Crippen LogP contribution in [0.4, 0.5) is 14.5 Å². The largest absolute Gasteiger partial charge is 0.355 e. The van der Waals surface area contributed by atoms with Crippen LogP contribution in [0.15, 0.2) is 47.0 Å². The van der Waals surface area contributed by atoms with Crippen LogP contribution in [0.1, 0.15) is 10.5 Å². The van der Waals surface area contributed by atoms with E-state index in [4.69, 9.17) is 27.7 Å². The molecular formula is C16H8Cl2F2N2O2. The quantitative estimate of drug-likeness (QED) is 0.692. The molecule has 8 heteroatoms. The molecule has 0 saturated heterocycles. The van der Waals surface area contributed by atoms with Gasteiger partial charge in [0.05, 0.1) is 15.7 Å². The topological polar surface area (TPSA) is 55.1 Å². The first-order valence-electron chi connectivity index (χ1n) is 6.62. The Hall–Kier alpha value is -2.44. The Morgan fingerprint density at radius 2 is 1.83 bits per heavy atom. The number of benzene rings is 2. The molecule has 0 aliphatic carbocycles. The van der Waals surface area contributed by atoms with Crippen LogP contribution in [0.5, 0.6) is 0 Å². The number of hydrogen-bond acceptors (Lipinski definition) is 3. The number of rotatable bonds is 3. The lowest BCUT2D eigenvalue weighted by molar-refractivity contribution is 0.101. The number of nitrogens with zero attached hydrogens (tertiary/aromatic N) is 1. The minimum absolute atomic E-state index is 0.0696. The van der Waals surface area contributed by atoms with E-state index in [1.807, 2.05) is 0 Å². The molecule has 24 heavy (non-hydrogen) atoms. The predicted molar refractivity (Wildman–Crippen MR) is 86.3 cm³/mol. The summed E-state index contributed by atoms with van der Waals surface area (Å²) in [7, 11) is 0. The number of nitrogens with one attached hydrogen (secondary N) is 1. The number of hydrogen-bond donors (Lipinski definition) is 1. The number of anilines is 1. The highest BCUT2D eigenvalue weighted by atomic mass is 35.5. The second-order valence-electron chi connectivity index (χ2n) is 4.78. The molecule has 0 aliphatic heterocycles. The van der Waals surface area contributed by atoms with Crippen LogP contribution in [0.3, 0.4) is 0 Å². The molecule has 0 atom stereocenters. The summed E-state index contributed by atoms with van der Waals surface area (Å²) in [5.74, 6) is -2.04. The fourth-order valence-electron chi connectivity index (χ4n) is 1.94. The van der Waals surface area contributed by atoms with Gasteiger partial charge in [-0.3, -0.25) is 4.79 Å². The van der Waals surface area contributed by atoms with Gasteiger partial charge >= 0.3 is 0 Å². The van der Waals surface area contributed by atoms with Crippen molar-refractivity contribution < 1.29 is 18.1 Å². The van der Waals surface area contributed by atoms with Crippen molar-refractivity contribution in [3.63, 3.8) is 0 Å². The lowest BCUT2D eigenvalue weighted by atomic mass is 10.1. The molecule has 3 rings (SSSR count). The van der Waals surface area contributed by atoms with Gasteiger partial charge in [0.2, 0.25) is 0 Å². The molecule has 3 aromatic rings. The third kappa shape index (κ3) is 3.39. The molecule has 0 spiro atoms. The van der Waals surface area contributed by atoms with Gasteiger partial charge in [-0.25, -0.2) is 8.78 Å². The van der Waals surface area contributed by atoms with Gasteiger partial charge in [0.1, 0.15) is 11.6 Å². The zero-order valence-corrected chi connectivity index (χ0v) is 13.3. The Kier molecular flexibility index (Phi) is 4.51. The Morgan fingerprint density at radius 3 is 2.54 bits per heavy atom. The molecular weight excluding hydrogens is 361 g/mol. The van der Waals surface area contributed by atoms with E-state index in [2.05, 4.69) is 10.5 Å². The molecule has 0 unspecified atom stereocenters. The Labute approximate surface area is 145 Å². The number of halogens is 4. The highest BCUT2D eigenvalue weighted by Crippen LogP contribution is 2.29. The minimum Gasteiger partial charge on any atom is -0.355 e. The van der Waals surface area contributed by atoms with Gasteiger partial charge in [-0.05, 0) is 30.3 Å².